The minimum atomic E-state index is -0.181. The third-order valence-corrected chi connectivity index (χ3v) is 8.02. The standard InChI is InChI=1S/C31H37N7O2/c1-20-5-8-23(30(39)33-25-10-9-24(21(2)15-25)19-38-13-11-36(3)12-14-38)17-27(20)40-31-26-18-32-37(4)29(26)34-28(35-31)16-22-6-7-22/h5,8-10,15,17-18,22H,6-7,11-14,16,19H2,1-4H3,(H,33,39). The first kappa shape index (κ1) is 26.4. The fourth-order valence-corrected chi connectivity index (χ4v) is 5.15. The van der Waals surface area contributed by atoms with Crippen LogP contribution in [0.2, 0.25) is 0 Å². The number of rotatable bonds is 8. The van der Waals surface area contributed by atoms with Gasteiger partial charge in [-0.15, -0.1) is 0 Å². The molecule has 9 nitrogen and oxygen atoms in total. The number of aromatic nitrogens is 4. The molecule has 40 heavy (non-hydrogen) atoms. The second-order valence-electron chi connectivity index (χ2n) is 11.4. The van der Waals surface area contributed by atoms with E-state index < -0.39 is 0 Å². The van der Waals surface area contributed by atoms with Crippen molar-refractivity contribution in [2.24, 2.45) is 13.0 Å². The van der Waals surface area contributed by atoms with Gasteiger partial charge in [-0.1, -0.05) is 12.1 Å². The minimum Gasteiger partial charge on any atom is -0.438 e. The lowest BCUT2D eigenvalue weighted by Gasteiger charge is -2.32. The van der Waals surface area contributed by atoms with E-state index in [1.54, 1.807) is 16.9 Å². The van der Waals surface area contributed by atoms with Crippen molar-refractivity contribution in [2.45, 2.75) is 39.7 Å². The van der Waals surface area contributed by atoms with Crippen LogP contribution in [0.1, 0.15) is 45.7 Å². The maximum atomic E-state index is 13.3. The van der Waals surface area contributed by atoms with E-state index >= 15 is 0 Å². The van der Waals surface area contributed by atoms with E-state index in [2.05, 4.69) is 46.3 Å². The Hall–Kier alpha value is -3.82. The van der Waals surface area contributed by atoms with Crippen LogP contribution >= 0.6 is 0 Å². The molecule has 9 heteroatoms. The number of likely N-dealkylation sites (N-methyl/N-ethyl adjacent to an activating group) is 1. The van der Waals surface area contributed by atoms with Crippen molar-refractivity contribution >= 4 is 22.6 Å². The largest absolute Gasteiger partial charge is 0.438 e. The molecule has 1 aliphatic carbocycles. The summed E-state index contributed by atoms with van der Waals surface area (Å²) >= 11 is 0. The van der Waals surface area contributed by atoms with Gasteiger partial charge in [0.15, 0.2) is 5.65 Å². The average Bonchev–Trinajstić information content (AvgIpc) is 3.67. The quantitative estimate of drug-likeness (QED) is 0.347. The van der Waals surface area contributed by atoms with Crippen LogP contribution in [0, 0.1) is 19.8 Å². The monoisotopic (exact) mass is 539 g/mol. The van der Waals surface area contributed by atoms with Crippen LogP contribution in [0.25, 0.3) is 11.0 Å². The summed E-state index contributed by atoms with van der Waals surface area (Å²) in [4.78, 5) is 27.6. The van der Waals surface area contributed by atoms with E-state index in [9.17, 15) is 4.79 Å². The highest BCUT2D eigenvalue weighted by Gasteiger charge is 2.25. The lowest BCUT2D eigenvalue weighted by atomic mass is 10.1. The maximum Gasteiger partial charge on any atom is 0.255 e. The second-order valence-corrected chi connectivity index (χ2v) is 11.4. The van der Waals surface area contributed by atoms with Gasteiger partial charge in [0.05, 0.1) is 6.20 Å². The molecule has 0 atom stereocenters. The Balaban J connectivity index is 1.18. The lowest BCUT2D eigenvalue weighted by Crippen LogP contribution is -2.43. The molecule has 1 aliphatic heterocycles. The van der Waals surface area contributed by atoms with Crippen LogP contribution < -0.4 is 10.1 Å². The zero-order chi connectivity index (χ0) is 27.8. The number of benzene rings is 2. The number of hydrogen-bond acceptors (Lipinski definition) is 7. The predicted octanol–water partition coefficient (Wildman–Crippen LogP) is 4.72. The maximum absolute atomic E-state index is 13.3. The average molecular weight is 540 g/mol. The Morgan fingerprint density at radius 2 is 1.80 bits per heavy atom. The summed E-state index contributed by atoms with van der Waals surface area (Å²) in [6.07, 6.45) is 5.01. The molecule has 1 saturated heterocycles. The highest BCUT2D eigenvalue weighted by molar-refractivity contribution is 6.04. The van der Waals surface area contributed by atoms with E-state index in [4.69, 9.17) is 14.7 Å². The normalized spacial score (nSPS) is 16.4. The van der Waals surface area contributed by atoms with Gasteiger partial charge in [-0.2, -0.15) is 10.1 Å². The van der Waals surface area contributed by atoms with Crippen molar-refractivity contribution in [1.82, 2.24) is 29.5 Å². The van der Waals surface area contributed by atoms with Gasteiger partial charge >= 0.3 is 0 Å². The number of anilines is 1. The molecule has 4 aromatic rings. The van der Waals surface area contributed by atoms with Gasteiger partial charge in [0.1, 0.15) is 17.0 Å². The van der Waals surface area contributed by atoms with Crippen LogP contribution in [-0.4, -0.2) is 68.7 Å². The molecule has 0 spiro atoms. The minimum absolute atomic E-state index is 0.181. The highest BCUT2D eigenvalue weighted by Crippen LogP contribution is 2.34. The number of ether oxygens (including phenoxy) is 1. The Bertz CT molecular complexity index is 1550. The van der Waals surface area contributed by atoms with Crippen LogP contribution in [0.5, 0.6) is 11.6 Å². The van der Waals surface area contributed by atoms with Gasteiger partial charge in [0.2, 0.25) is 5.88 Å². The molecule has 0 unspecified atom stereocenters. The van der Waals surface area contributed by atoms with Gasteiger partial charge < -0.3 is 15.0 Å². The van der Waals surface area contributed by atoms with Crippen molar-refractivity contribution in [3.05, 3.63) is 70.7 Å². The lowest BCUT2D eigenvalue weighted by molar-refractivity contribution is 0.102. The van der Waals surface area contributed by atoms with Gasteiger partial charge in [-0.3, -0.25) is 14.4 Å². The molecule has 0 bridgehead atoms. The molecule has 2 aromatic heterocycles. The fraction of sp³-hybridized carbons (Fsp3) is 0.419. The number of fused-ring (bicyclic) bond motifs is 1. The Kier molecular flexibility index (Phi) is 7.25. The van der Waals surface area contributed by atoms with Crippen LogP contribution in [-0.2, 0) is 20.0 Å². The zero-order valence-corrected chi connectivity index (χ0v) is 23.8. The van der Waals surface area contributed by atoms with Crippen LogP contribution in [0.3, 0.4) is 0 Å². The SMILES string of the molecule is Cc1cc(NC(=O)c2ccc(C)c(Oc3nc(CC4CC4)nc4c3cnn4C)c2)ccc1CN1CCN(C)CC1. The molecule has 1 N–H and O–H groups in total. The topological polar surface area (TPSA) is 88.4 Å². The fourth-order valence-electron chi connectivity index (χ4n) is 5.15. The van der Waals surface area contributed by atoms with Crippen molar-refractivity contribution in [2.75, 3.05) is 38.5 Å². The molecule has 2 aromatic carbocycles. The summed E-state index contributed by atoms with van der Waals surface area (Å²) in [5.41, 5.74) is 5.44. The smallest absolute Gasteiger partial charge is 0.255 e. The number of amides is 1. The molecule has 0 radical (unpaired) electrons. The third kappa shape index (κ3) is 5.85. The molecule has 3 heterocycles. The molecule has 1 amide bonds. The third-order valence-electron chi connectivity index (χ3n) is 8.02. The van der Waals surface area contributed by atoms with Gasteiger partial charge in [0, 0.05) is 57.4 Å². The number of carbonyl (C=O) groups is 1. The molecular formula is C31H37N7O2. The predicted molar refractivity (Wildman–Crippen MR) is 156 cm³/mol. The molecule has 6 rings (SSSR count). The Labute approximate surface area is 235 Å². The summed E-state index contributed by atoms with van der Waals surface area (Å²) in [7, 11) is 4.04. The first-order valence-electron chi connectivity index (χ1n) is 14.1. The van der Waals surface area contributed by atoms with E-state index in [-0.39, 0.29) is 5.91 Å². The van der Waals surface area contributed by atoms with E-state index in [1.807, 2.05) is 32.2 Å². The van der Waals surface area contributed by atoms with Gasteiger partial charge in [-0.05, 0) is 80.6 Å². The molecule has 1 saturated carbocycles. The number of hydrogen-bond donors (Lipinski definition) is 1. The van der Waals surface area contributed by atoms with E-state index in [1.165, 1.54) is 24.0 Å². The van der Waals surface area contributed by atoms with Crippen molar-refractivity contribution in [3.8, 4) is 11.6 Å². The molecular weight excluding hydrogens is 502 g/mol. The van der Waals surface area contributed by atoms with Crippen molar-refractivity contribution in [1.29, 1.82) is 0 Å². The molecule has 2 fully saturated rings. The number of aryl methyl sites for hydroxylation is 3. The van der Waals surface area contributed by atoms with Crippen molar-refractivity contribution in [3.63, 3.8) is 0 Å². The molecule has 208 valence electrons. The molecule has 2 aliphatic rings. The highest BCUT2D eigenvalue weighted by atomic mass is 16.5. The van der Waals surface area contributed by atoms with E-state index in [0.29, 0.717) is 23.1 Å². The summed E-state index contributed by atoms with van der Waals surface area (Å²) in [5.74, 6) is 2.30. The number of nitrogens with one attached hydrogen (secondary N) is 1. The summed E-state index contributed by atoms with van der Waals surface area (Å²) in [6, 6.07) is 11.7. The Morgan fingerprint density at radius 1 is 1.00 bits per heavy atom. The number of piperazine rings is 1. The van der Waals surface area contributed by atoms with E-state index in [0.717, 1.165) is 67.3 Å². The summed E-state index contributed by atoms with van der Waals surface area (Å²) in [6.45, 7) is 9.36. The zero-order valence-electron chi connectivity index (χ0n) is 23.8. The number of carbonyl (C=O) groups excluding carboxylic acids is 1. The number of nitrogens with zero attached hydrogens (tertiary/aromatic N) is 6. The van der Waals surface area contributed by atoms with Gasteiger partial charge in [0.25, 0.3) is 5.91 Å². The Morgan fingerprint density at radius 3 is 2.55 bits per heavy atom. The summed E-state index contributed by atoms with van der Waals surface area (Å²) in [5, 5.41) is 8.18. The first-order chi connectivity index (χ1) is 19.3. The van der Waals surface area contributed by atoms with Gasteiger partial charge in [-0.25, -0.2) is 4.98 Å². The van der Waals surface area contributed by atoms with Crippen LogP contribution in [0.4, 0.5) is 5.69 Å². The van der Waals surface area contributed by atoms with Crippen LogP contribution in [0.15, 0.2) is 42.6 Å². The first-order valence-corrected chi connectivity index (χ1v) is 14.1. The second kappa shape index (κ2) is 11.0. The van der Waals surface area contributed by atoms with Crippen molar-refractivity contribution < 1.29 is 9.53 Å². The summed E-state index contributed by atoms with van der Waals surface area (Å²) < 4.78 is 8.09.